The average molecular weight is 480 g/mol. The molecule has 0 unspecified atom stereocenters. The molecule has 1 aliphatic rings. The lowest BCUT2D eigenvalue weighted by Gasteiger charge is -2.26. The van der Waals surface area contributed by atoms with Crippen molar-refractivity contribution in [2.24, 2.45) is 0 Å². The van der Waals surface area contributed by atoms with Gasteiger partial charge in [0.1, 0.15) is 12.3 Å². The summed E-state index contributed by atoms with van der Waals surface area (Å²) in [7, 11) is 0. The highest BCUT2D eigenvalue weighted by Crippen LogP contribution is 2.29. The van der Waals surface area contributed by atoms with Crippen LogP contribution in [0.3, 0.4) is 0 Å². The molecule has 35 heavy (non-hydrogen) atoms. The monoisotopic (exact) mass is 479 g/mol. The zero-order valence-corrected chi connectivity index (χ0v) is 20.0. The highest BCUT2D eigenvalue weighted by Gasteiger charge is 2.19. The molecule has 0 spiro atoms. The van der Waals surface area contributed by atoms with Gasteiger partial charge in [-0.2, -0.15) is 0 Å². The number of rotatable bonds is 8. The summed E-state index contributed by atoms with van der Waals surface area (Å²) < 4.78 is 18.2. The van der Waals surface area contributed by atoms with Gasteiger partial charge in [-0.3, -0.25) is 14.0 Å². The van der Waals surface area contributed by atoms with Crippen LogP contribution in [0.15, 0.2) is 47.3 Å². The number of hydrogen-bond acceptors (Lipinski definition) is 7. The van der Waals surface area contributed by atoms with Crippen LogP contribution in [0.1, 0.15) is 47.9 Å². The maximum absolute atomic E-state index is 12.7. The highest BCUT2D eigenvalue weighted by molar-refractivity contribution is 5.90. The molecule has 1 fully saturated rings. The number of carbonyl (C=O) groups excluding carboxylic acids is 2. The minimum absolute atomic E-state index is 0.0652. The summed E-state index contributed by atoms with van der Waals surface area (Å²) in [5.74, 6) is 0.0806. The van der Waals surface area contributed by atoms with E-state index in [1.807, 2.05) is 30.9 Å². The van der Waals surface area contributed by atoms with Crippen LogP contribution in [-0.4, -0.2) is 52.5 Å². The van der Waals surface area contributed by atoms with E-state index in [0.717, 1.165) is 38.0 Å². The molecular formula is C26H29N3O6. The normalized spacial score (nSPS) is 13.5. The van der Waals surface area contributed by atoms with Crippen molar-refractivity contribution in [1.82, 2.24) is 14.3 Å². The Balaban J connectivity index is 1.42. The summed E-state index contributed by atoms with van der Waals surface area (Å²) in [5.41, 5.74) is 1.64. The summed E-state index contributed by atoms with van der Waals surface area (Å²) in [4.78, 5) is 43.7. The minimum Gasteiger partial charge on any atom is -0.490 e. The van der Waals surface area contributed by atoms with E-state index >= 15 is 0 Å². The van der Waals surface area contributed by atoms with Crippen LogP contribution in [0.4, 0.5) is 0 Å². The van der Waals surface area contributed by atoms with Crippen LogP contribution in [0.5, 0.6) is 11.5 Å². The van der Waals surface area contributed by atoms with Gasteiger partial charge in [0.25, 0.3) is 11.5 Å². The smallest absolute Gasteiger partial charge is 0.338 e. The molecule has 0 bridgehead atoms. The van der Waals surface area contributed by atoms with Crippen molar-refractivity contribution >= 4 is 17.5 Å². The number of piperidine rings is 1. The van der Waals surface area contributed by atoms with Gasteiger partial charge in [-0.25, -0.2) is 9.78 Å². The van der Waals surface area contributed by atoms with Crippen LogP contribution in [0.2, 0.25) is 0 Å². The van der Waals surface area contributed by atoms with Gasteiger partial charge < -0.3 is 19.1 Å². The van der Waals surface area contributed by atoms with Crippen LogP contribution in [0, 0.1) is 6.92 Å². The highest BCUT2D eigenvalue weighted by atomic mass is 16.5. The van der Waals surface area contributed by atoms with E-state index < -0.39 is 5.97 Å². The van der Waals surface area contributed by atoms with E-state index in [-0.39, 0.29) is 30.2 Å². The number of esters is 1. The molecule has 1 saturated heterocycles. The molecule has 1 aromatic carbocycles. The fourth-order valence-electron chi connectivity index (χ4n) is 4.06. The first kappa shape index (κ1) is 24.3. The van der Waals surface area contributed by atoms with E-state index in [9.17, 15) is 14.4 Å². The van der Waals surface area contributed by atoms with Crippen molar-refractivity contribution in [2.45, 2.75) is 39.7 Å². The number of benzene rings is 1. The van der Waals surface area contributed by atoms with Gasteiger partial charge in [-0.15, -0.1) is 0 Å². The summed E-state index contributed by atoms with van der Waals surface area (Å²) in [5, 5.41) is 0. The predicted molar refractivity (Wildman–Crippen MR) is 129 cm³/mol. The Hall–Kier alpha value is -3.88. The third-order valence-electron chi connectivity index (χ3n) is 5.82. The van der Waals surface area contributed by atoms with Gasteiger partial charge in [-0.1, -0.05) is 6.07 Å². The number of pyridine rings is 1. The van der Waals surface area contributed by atoms with E-state index in [4.69, 9.17) is 14.2 Å². The first-order valence-corrected chi connectivity index (χ1v) is 11.8. The molecule has 9 heteroatoms. The standard InChI is InChI=1S/C26H29N3O6/c1-3-33-22-14-19(10-11-21(22)34-17-25(31)28-12-5-4-6-13-28)26(32)35-16-20-15-24(30)29-18(2)8-7-9-23(29)27-20/h7-11,14-15H,3-6,12-13,16-17H2,1-2H3. The number of ether oxygens (including phenoxy) is 3. The number of carbonyl (C=O) groups is 2. The first-order chi connectivity index (χ1) is 17.0. The Morgan fingerprint density at radius 3 is 2.57 bits per heavy atom. The zero-order chi connectivity index (χ0) is 24.8. The average Bonchev–Trinajstić information content (AvgIpc) is 2.87. The van der Waals surface area contributed by atoms with E-state index in [2.05, 4.69) is 4.98 Å². The predicted octanol–water partition coefficient (Wildman–Crippen LogP) is 3.15. The third-order valence-corrected chi connectivity index (χ3v) is 5.82. The molecule has 1 amide bonds. The summed E-state index contributed by atoms with van der Waals surface area (Å²) in [6.07, 6.45) is 3.16. The van der Waals surface area contributed by atoms with Crippen molar-refractivity contribution in [3.8, 4) is 11.5 Å². The molecule has 0 aliphatic carbocycles. The quantitative estimate of drug-likeness (QED) is 0.458. The summed E-state index contributed by atoms with van der Waals surface area (Å²) in [6.45, 7) is 5.27. The maximum atomic E-state index is 12.7. The molecule has 0 radical (unpaired) electrons. The molecule has 0 atom stereocenters. The van der Waals surface area contributed by atoms with Crippen molar-refractivity contribution < 1.29 is 23.8 Å². The molecule has 0 N–H and O–H groups in total. The van der Waals surface area contributed by atoms with Gasteiger partial charge in [0.2, 0.25) is 0 Å². The Morgan fingerprint density at radius 1 is 1.00 bits per heavy atom. The van der Waals surface area contributed by atoms with Gasteiger partial charge in [0.05, 0.1) is 17.9 Å². The lowest BCUT2D eigenvalue weighted by molar-refractivity contribution is -0.134. The Bertz CT molecular complexity index is 1280. The lowest BCUT2D eigenvalue weighted by Crippen LogP contribution is -2.38. The van der Waals surface area contributed by atoms with Crippen molar-refractivity contribution in [3.63, 3.8) is 0 Å². The molecule has 3 aromatic rings. The second-order valence-electron chi connectivity index (χ2n) is 8.35. The Kier molecular flexibility index (Phi) is 7.64. The number of likely N-dealkylation sites (tertiary alicyclic amines) is 1. The molecular weight excluding hydrogens is 450 g/mol. The first-order valence-electron chi connectivity index (χ1n) is 11.8. The second-order valence-corrected chi connectivity index (χ2v) is 8.35. The van der Waals surface area contributed by atoms with E-state index in [1.165, 1.54) is 16.5 Å². The van der Waals surface area contributed by atoms with Gasteiger partial charge in [0.15, 0.2) is 18.1 Å². The fraction of sp³-hybridized carbons (Fsp3) is 0.385. The number of aromatic nitrogens is 2. The minimum atomic E-state index is -0.590. The molecule has 4 rings (SSSR count). The molecule has 2 aromatic heterocycles. The molecule has 9 nitrogen and oxygen atoms in total. The molecule has 0 saturated carbocycles. The second kappa shape index (κ2) is 11.0. The molecule has 3 heterocycles. The SMILES string of the molecule is CCOc1cc(C(=O)OCc2cc(=O)n3c(C)cccc3n2)ccc1OCC(=O)N1CCCCC1. The van der Waals surface area contributed by atoms with Gasteiger partial charge in [-0.05, 0) is 63.4 Å². The van der Waals surface area contributed by atoms with E-state index in [1.54, 1.807) is 18.2 Å². The maximum Gasteiger partial charge on any atom is 0.338 e. The summed E-state index contributed by atoms with van der Waals surface area (Å²) in [6, 6.07) is 11.4. The zero-order valence-electron chi connectivity index (χ0n) is 20.0. The number of hydrogen-bond donors (Lipinski definition) is 0. The lowest BCUT2D eigenvalue weighted by atomic mass is 10.1. The third kappa shape index (κ3) is 5.79. The van der Waals surface area contributed by atoms with Crippen molar-refractivity contribution in [2.75, 3.05) is 26.3 Å². The van der Waals surface area contributed by atoms with Crippen molar-refractivity contribution in [3.05, 3.63) is 69.8 Å². The summed E-state index contributed by atoms with van der Waals surface area (Å²) >= 11 is 0. The topological polar surface area (TPSA) is 99.4 Å². The fourth-order valence-corrected chi connectivity index (χ4v) is 4.06. The number of fused-ring (bicyclic) bond motifs is 1. The molecule has 184 valence electrons. The van der Waals surface area contributed by atoms with Crippen LogP contribution in [0.25, 0.3) is 5.65 Å². The Labute approximate surface area is 203 Å². The number of nitrogens with zero attached hydrogens (tertiary/aromatic N) is 3. The van der Waals surface area contributed by atoms with Crippen LogP contribution >= 0.6 is 0 Å². The number of aryl methyl sites for hydroxylation is 1. The van der Waals surface area contributed by atoms with Crippen LogP contribution < -0.4 is 15.0 Å². The van der Waals surface area contributed by atoms with E-state index in [0.29, 0.717) is 29.4 Å². The number of amides is 1. The Morgan fingerprint density at radius 2 is 1.80 bits per heavy atom. The molecule has 1 aliphatic heterocycles. The van der Waals surface area contributed by atoms with Crippen LogP contribution in [-0.2, 0) is 16.1 Å². The van der Waals surface area contributed by atoms with Gasteiger partial charge in [0, 0.05) is 24.8 Å². The largest absolute Gasteiger partial charge is 0.490 e. The van der Waals surface area contributed by atoms with Gasteiger partial charge >= 0.3 is 5.97 Å². The van der Waals surface area contributed by atoms with Crippen molar-refractivity contribution in [1.29, 1.82) is 0 Å².